The minimum Gasteiger partial charge on any atom is -0.384 e. The quantitative estimate of drug-likeness (QED) is 0.840. The fraction of sp³-hybridized carbons (Fsp3) is 0.600. The molecular formula is C10H13N5OS3. The molecule has 0 aromatic carbocycles. The van der Waals surface area contributed by atoms with E-state index in [1.54, 1.807) is 18.4 Å². The van der Waals surface area contributed by atoms with Crippen molar-refractivity contribution in [3.05, 3.63) is 5.82 Å². The van der Waals surface area contributed by atoms with Crippen molar-refractivity contribution in [1.82, 2.24) is 19.6 Å². The number of rotatable bonds is 7. The Bertz CT molecular complexity index is 539. The van der Waals surface area contributed by atoms with Crippen LogP contribution in [0.25, 0.3) is 0 Å². The maximum absolute atomic E-state index is 5.01. The second kappa shape index (κ2) is 6.12. The monoisotopic (exact) mass is 315 g/mol. The van der Waals surface area contributed by atoms with Crippen LogP contribution in [0.2, 0.25) is 0 Å². The Labute approximate surface area is 123 Å². The Balaban J connectivity index is 1.57. The van der Waals surface area contributed by atoms with Crippen LogP contribution in [-0.4, -0.2) is 39.3 Å². The number of nitrogens with zero attached hydrogens (tertiary/aromatic N) is 4. The van der Waals surface area contributed by atoms with Gasteiger partial charge in [0.2, 0.25) is 5.13 Å². The van der Waals surface area contributed by atoms with E-state index in [1.807, 2.05) is 0 Å². The van der Waals surface area contributed by atoms with Gasteiger partial charge in [0, 0.05) is 19.6 Å². The van der Waals surface area contributed by atoms with Crippen molar-refractivity contribution >= 4 is 39.8 Å². The summed E-state index contributed by atoms with van der Waals surface area (Å²) in [5.41, 5.74) is 0. The topological polar surface area (TPSA) is 72.8 Å². The lowest BCUT2D eigenvalue weighted by Crippen LogP contribution is -1.99. The van der Waals surface area contributed by atoms with Gasteiger partial charge in [-0.25, -0.2) is 4.98 Å². The summed E-state index contributed by atoms with van der Waals surface area (Å²) in [6.45, 7) is 0.648. The van der Waals surface area contributed by atoms with Gasteiger partial charge in [0.15, 0.2) is 8.68 Å². The highest BCUT2D eigenvalue weighted by atomic mass is 32.2. The summed E-state index contributed by atoms with van der Waals surface area (Å²) < 4.78 is 11.1. The average molecular weight is 315 g/mol. The first-order chi connectivity index (χ1) is 9.33. The molecule has 1 N–H and O–H groups in total. The molecular weight excluding hydrogens is 302 g/mol. The van der Waals surface area contributed by atoms with Crippen molar-refractivity contribution in [3.63, 3.8) is 0 Å². The smallest absolute Gasteiger partial charge is 0.206 e. The van der Waals surface area contributed by atoms with Gasteiger partial charge in [-0.05, 0) is 36.1 Å². The lowest BCUT2D eigenvalue weighted by atomic mass is 10.4. The Hall–Kier alpha value is -0.770. The first-order valence-electron chi connectivity index (χ1n) is 5.93. The van der Waals surface area contributed by atoms with E-state index < -0.39 is 0 Å². The molecule has 0 unspecified atom stereocenters. The van der Waals surface area contributed by atoms with Gasteiger partial charge in [-0.3, -0.25) is 0 Å². The van der Waals surface area contributed by atoms with E-state index in [4.69, 9.17) is 4.74 Å². The predicted octanol–water partition coefficient (Wildman–Crippen LogP) is 2.30. The van der Waals surface area contributed by atoms with Crippen LogP contribution >= 0.6 is 34.6 Å². The van der Waals surface area contributed by atoms with E-state index in [9.17, 15) is 0 Å². The lowest BCUT2D eigenvalue weighted by molar-refractivity contribution is 0.200. The van der Waals surface area contributed by atoms with E-state index >= 15 is 0 Å². The van der Waals surface area contributed by atoms with Gasteiger partial charge in [0.1, 0.15) is 5.82 Å². The molecule has 0 bridgehead atoms. The molecule has 9 heteroatoms. The molecule has 1 aliphatic carbocycles. The van der Waals surface area contributed by atoms with Crippen molar-refractivity contribution in [2.75, 3.05) is 19.0 Å². The third kappa shape index (κ3) is 3.85. The van der Waals surface area contributed by atoms with Crippen LogP contribution in [0, 0.1) is 0 Å². The van der Waals surface area contributed by atoms with E-state index in [0.717, 1.165) is 26.1 Å². The fourth-order valence-corrected chi connectivity index (χ4v) is 4.05. The molecule has 0 amide bonds. The van der Waals surface area contributed by atoms with Crippen LogP contribution in [0.15, 0.2) is 8.68 Å². The number of methoxy groups -OCH3 is 1. The van der Waals surface area contributed by atoms with E-state index in [0.29, 0.717) is 12.6 Å². The Morgan fingerprint density at radius 1 is 1.37 bits per heavy atom. The third-order valence-electron chi connectivity index (χ3n) is 2.47. The zero-order valence-electron chi connectivity index (χ0n) is 10.3. The first kappa shape index (κ1) is 13.2. The SMILES string of the molecule is COCCc1nsc(Sc2nnc(NC3CC3)s2)n1. The molecule has 0 saturated heterocycles. The average Bonchev–Trinajstić information content (AvgIpc) is 2.93. The molecule has 19 heavy (non-hydrogen) atoms. The predicted molar refractivity (Wildman–Crippen MR) is 76.2 cm³/mol. The third-order valence-corrected chi connectivity index (χ3v) is 5.16. The van der Waals surface area contributed by atoms with Crippen LogP contribution in [-0.2, 0) is 11.2 Å². The van der Waals surface area contributed by atoms with Gasteiger partial charge < -0.3 is 10.1 Å². The van der Waals surface area contributed by atoms with Gasteiger partial charge in [0.05, 0.1) is 6.61 Å². The summed E-state index contributed by atoms with van der Waals surface area (Å²) in [5, 5.41) is 12.5. The van der Waals surface area contributed by atoms with Crippen LogP contribution in [0.4, 0.5) is 5.13 Å². The van der Waals surface area contributed by atoms with Crippen molar-refractivity contribution < 1.29 is 4.74 Å². The number of aromatic nitrogens is 4. The second-order valence-corrected chi connectivity index (χ2v) is 7.34. The van der Waals surface area contributed by atoms with E-state index in [-0.39, 0.29) is 0 Å². The Kier molecular flexibility index (Phi) is 4.26. The summed E-state index contributed by atoms with van der Waals surface area (Å²) in [7, 11) is 1.68. The Morgan fingerprint density at radius 3 is 3.05 bits per heavy atom. The van der Waals surface area contributed by atoms with Gasteiger partial charge >= 0.3 is 0 Å². The largest absolute Gasteiger partial charge is 0.384 e. The molecule has 0 atom stereocenters. The summed E-state index contributed by atoms with van der Waals surface area (Å²) in [5.74, 6) is 0.829. The molecule has 102 valence electrons. The van der Waals surface area contributed by atoms with Crippen LogP contribution in [0.1, 0.15) is 18.7 Å². The standard InChI is InChI=1S/C10H13N5OS3/c1-16-5-4-7-12-9(19-15-7)18-10-14-13-8(17-10)11-6-2-3-6/h6H,2-5H2,1H3,(H,11,13). The highest BCUT2D eigenvalue weighted by Crippen LogP contribution is 2.34. The molecule has 6 nitrogen and oxygen atoms in total. The first-order valence-corrected chi connectivity index (χ1v) is 8.33. The minimum atomic E-state index is 0.605. The number of anilines is 1. The molecule has 1 aliphatic rings. The van der Waals surface area contributed by atoms with Gasteiger partial charge in [-0.15, -0.1) is 10.2 Å². The molecule has 2 aromatic rings. The van der Waals surface area contributed by atoms with Crippen molar-refractivity contribution in [2.24, 2.45) is 0 Å². The van der Waals surface area contributed by atoms with Crippen LogP contribution < -0.4 is 5.32 Å². The highest BCUT2D eigenvalue weighted by Gasteiger charge is 2.22. The summed E-state index contributed by atoms with van der Waals surface area (Å²) in [6, 6.07) is 0.605. The van der Waals surface area contributed by atoms with Crippen molar-refractivity contribution in [3.8, 4) is 0 Å². The summed E-state index contributed by atoms with van der Waals surface area (Å²) >= 11 is 4.48. The Morgan fingerprint density at radius 2 is 2.26 bits per heavy atom. The van der Waals surface area contributed by atoms with E-state index in [1.165, 1.54) is 36.1 Å². The molecule has 0 aliphatic heterocycles. The normalized spacial score (nSPS) is 14.8. The van der Waals surface area contributed by atoms with Crippen molar-refractivity contribution in [1.29, 1.82) is 0 Å². The maximum atomic E-state index is 5.01. The van der Waals surface area contributed by atoms with Crippen molar-refractivity contribution in [2.45, 2.75) is 34.0 Å². The molecule has 2 aromatic heterocycles. The summed E-state index contributed by atoms with van der Waals surface area (Å²) in [6.07, 6.45) is 3.22. The van der Waals surface area contributed by atoms with Crippen LogP contribution in [0.3, 0.4) is 0 Å². The van der Waals surface area contributed by atoms with Crippen LogP contribution in [0.5, 0.6) is 0 Å². The summed E-state index contributed by atoms with van der Waals surface area (Å²) in [4.78, 5) is 4.43. The minimum absolute atomic E-state index is 0.605. The molecule has 1 fully saturated rings. The lowest BCUT2D eigenvalue weighted by Gasteiger charge is -1.93. The van der Waals surface area contributed by atoms with Gasteiger partial charge in [-0.1, -0.05) is 11.3 Å². The highest BCUT2D eigenvalue weighted by molar-refractivity contribution is 8.02. The molecule has 0 radical (unpaired) electrons. The molecule has 0 spiro atoms. The second-order valence-electron chi connectivity index (χ2n) is 4.11. The number of hydrogen-bond donors (Lipinski definition) is 1. The molecule has 2 heterocycles. The van der Waals surface area contributed by atoms with Gasteiger partial charge in [-0.2, -0.15) is 4.37 Å². The van der Waals surface area contributed by atoms with E-state index in [2.05, 4.69) is 24.9 Å². The van der Waals surface area contributed by atoms with Gasteiger partial charge in [0.25, 0.3) is 0 Å². The molecule has 1 saturated carbocycles. The zero-order valence-corrected chi connectivity index (χ0v) is 12.8. The number of ether oxygens (including phenoxy) is 1. The number of hydrogen-bond acceptors (Lipinski definition) is 9. The number of nitrogens with one attached hydrogen (secondary N) is 1. The zero-order chi connectivity index (χ0) is 13.1. The molecule has 3 rings (SSSR count). The fourth-order valence-electron chi connectivity index (χ4n) is 1.36. The maximum Gasteiger partial charge on any atom is 0.206 e.